The first-order valence-corrected chi connectivity index (χ1v) is 8.87. The Hall–Kier alpha value is -2.57. The number of nitrogens with zero attached hydrogens (tertiary/aromatic N) is 2. The number of amides is 1. The third-order valence-corrected chi connectivity index (χ3v) is 5.00. The molecule has 0 saturated carbocycles. The molecule has 0 spiro atoms. The van der Waals surface area contributed by atoms with E-state index in [1.807, 2.05) is 18.2 Å². The van der Waals surface area contributed by atoms with E-state index in [2.05, 4.69) is 9.73 Å². The van der Waals surface area contributed by atoms with Gasteiger partial charge in [0.15, 0.2) is 5.17 Å². The standard InChI is InChI=1S/C19H15ClN2O3S/c1-22-17(23)16(11-12-3-7-14(20)8-4-12)26-19(22)21-15-9-5-13(6-10-15)18(24)25-2/h3-11H,1-2H3. The van der Waals surface area contributed by atoms with Crippen LogP contribution in [0.3, 0.4) is 0 Å². The Kier molecular flexibility index (Phi) is 5.44. The van der Waals surface area contributed by atoms with Gasteiger partial charge in [-0.1, -0.05) is 23.7 Å². The van der Waals surface area contributed by atoms with Crippen molar-refractivity contribution in [3.63, 3.8) is 0 Å². The van der Waals surface area contributed by atoms with Gasteiger partial charge in [-0.3, -0.25) is 9.69 Å². The molecule has 0 atom stereocenters. The first-order chi connectivity index (χ1) is 12.5. The van der Waals surface area contributed by atoms with Crippen LogP contribution in [0, 0.1) is 0 Å². The minimum absolute atomic E-state index is 0.116. The molecule has 1 aliphatic rings. The van der Waals surface area contributed by atoms with Gasteiger partial charge in [-0.05, 0) is 59.8 Å². The van der Waals surface area contributed by atoms with Gasteiger partial charge in [0, 0.05) is 12.1 Å². The topological polar surface area (TPSA) is 59.0 Å². The molecule has 1 fully saturated rings. The number of esters is 1. The summed E-state index contributed by atoms with van der Waals surface area (Å²) in [6.45, 7) is 0. The number of carbonyl (C=O) groups excluding carboxylic acids is 2. The quantitative estimate of drug-likeness (QED) is 0.581. The first-order valence-electron chi connectivity index (χ1n) is 7.68. The van der Waals surface area contributed by atoms with E-state index in [9.17, 15) is 9.59 Å². The lowest BCUT2D eigenvalue weighted by Gasteiger charge is -2.07. The average Bonchev–Trinajstić information content (AvgIpc) is 2.91. The summed E-state index contributed by atoms with van der Waals surface area (Å²) < 4.78 is 4.67. The number of hydrogen-bond acceptors (Lipinski definition) is 5. The fourth-order valence-corrected chi connectivity index (χ4v) is 3.38. The van der Waals surface area contributed by atoms with Crippen molar-refractivity contribution in [2.45, 2.75) is 0 Å². The minimum Gasteiger partial charge on any atom is -0.465 e. The van der Waals surface area contributed by atoms with Gasteiger partial charge in [0.1, 0.15) is 0 Å². The van der Waals surface area contributed by atoms with Crippen molar-refractivity contribution in [2.24, 2.45) is 4.99 Å². The van der Waals surface area contributed by atoms with Crippen molar-refractivity contribution in [1.29, 1.82) is 0 Å². The first kappa shape index (κ1) is 18.2. The summed E-state index contributed by atoms with van der Waals surface area (Å²) >= 11 is 7.18. The number of carbonyl (C=O) groups is 2. The number of halogens is 1. The molecule has 0 aromatic heterocycles. The summed E-state index contributed by atoms with van der Waals surface area (Å²) in [4.78, 5) is 30.5. The Labute approximate surface area is 160 Å². The molecule has 0 N–H and O–H groups in total. The molecule has 1 saturated heterocycles. The number of amidine groups is 1. The summed E-state index contributed by atoms with van der Waals surface area (Å²) in [5.74, 6) is -0.519. The highest BCUT2D eigenvalue weighted by Gasteiger charge is 2.30. The second-order valence-corrected chi connectivity index (χ2v) is 6.90. The lowest BCUT2D eigenvalue weighted by molar-refractivity contribution is -0.121. The van der Waals surface area contributed by atoms with Gasteiger partial charge in [0.25, 0.3) is 5.91 Å². The normalized spacial score (nSPS) is 17.2. The molecule has 5 nitrogen and oxygen atoms in total. The Balaban J connectivity index is 1.83. The number of thioether (sulfide) groups is 1. The summed E-state index contributed by atoms with van der Waals surface area (Å²) in [5, 5.41) is 1.22. The number of hydrogen-bond donors (Lipinski definition) is 0. The fraction of sp³-hybridized carbons (Fsp3) is 0.105. The zero-order valence-corrected chi connectivity index (χ0v) is 15.7. The predicted molar refractivity (Wildman–Crippen MR) is 105 cm³/mol. The van der Waals surface area contributed by atoms with Gasteiger partial charge in [-0.15, -0.1) is 0 Å². The van der Waals surface area contributed by atoms with Crippen LogP contribution in [0.25, 0.3) is 6.08 Å². The maximum absolute atomic E-state index is 12.4. The van der Waals surface area contributed by atoms with E-state index in [0.29, 0.717) is 26.3 Å². The molecule has 0 aliphatic carbocycles. The van der Waals surface area contributed by atoms with Gasteiger partial charge in [0.2, 0.25) is 0 Å². The second kappa shape index (κ2) is 7.76. The van der Waals surface area contributed by atoms with Crippen LogP contribution in [-0.2, 0) is 9.53 Å². The molecule has 2 aromatic rings. The molecule has 132 valence electrons. The lowest BCUT2D eigenvalue weighted by Crippen LogP contribution is -2.23. The van der Waals surface area contributed by atoms with Crippen LogP contribution in [0.15, 0.2) is 58.4 Å². The molecule has 7 heteroatoms. The number of likely N-dealkylation sites (N-methyl/N-ethyl adjacent to an activating group) is 1. The van der Waals surface area contributed by atoms with E-state index in [1.54, 1.807) is 43.4 Å². The van der Waals surface area contributed by atoms with Crippen LogP contribution in [0.2, 0.25) is 5.02 Å². The average molecular weight is 387 g/mol. The molecule has 26 heavy (non-hydrogen) atoms. The van der Waals surface area contributed by atoms with E-state index in [0.717, 1.165) is 5.56 Å². The molecule has 0 unspecified atom stereocenters. The van der Waals surface area contributed by atoms with Crippen LogP contribution in [0.5, 0.6) is 0 Å². The van der Waals surface area contributed by atoms with Crippen LogP contribution in [0.4, 0.5) is 5.69 Å². The van der Waals surface area contributed by atoms with Gasteiger partial charge in [-0.2, -0.15) is 0 Å². The lowest BCUT2D eigenvalue weighted by atomic mass is 10.2. The molecular formula is C19H15ClN2O3S. The highest BCUT2D eigenvalue weighted by molar-refractivity contribution is 8.18. The number of methoxy groups -OCH3 is 1. The van der Waals surface area contributed by atoms with Gasteiger partial charge in [-0.25, -0.2) is 9.79 Å². The van der Waals surface area contributed by atoms with Crippen molar-refractivity contribution in [3.8, 4) is 0 Å². The minimum atomic E-state index is -0.403. The van der Waals surface area contributed by atoms with E-state index < -0.39 is 5.97 Å². The van der Waals surface area contributed by atoms with E-state index in [4.69, 9.17) is 11.6 Å². The highest BCUT2D eigenvalue weighted by Crippen LogP contribution is 2.33. The van der Waals surface area contributed by atoms with Crippen LogP contribution < -0.4 is 0 Å². The predicted octanol–water partition coefficient (Wildman–Crippen LogP) is 4.36. The fourth-order valence-electron chi connectivity index (χ4n) is 2.26. The maximum atomic E-state index is 12.4. The monoisotopic (exact) mass is 386 g/mol. The van der Waals surface area contributed by atoms with E-state index >= 15 is 0 Å². The van der Waals surface area contributed by atoms with E-state index in [-0.39, 0.29) is 5.91 Å². The van der Waals surface area contributed by atoms with Crippen molar-refractivity contribution in [1.82, 2.24) is 4.90 Å². The largest absolute Gasteiger partial charge is 0.465 e. The van der Waals surface area contributed by atoms with Crippen LogP contribution >= 0.6 is 23.4 Å². The summed E-state index contributed by atoms with van der Waals surface area (Å²) in [7, 11) is 3.01. The number of ether oxygens (including phenoxy) is 1. The molecule has 3 rings (SSSR count). The Morgan fingerprint density at radius 1 is 1.15 bits per heavy atom. The molecular weight excluding hydrogens is 372 g/mol. The van der Waals surface area contributed by atoms with Crippen molar-refractivity contribution in [3.05, 3.63) is 69.6 Å². The van der Waals surface area contributed by atoms with Gasteiger partial charge in [0.05, 0.1) is 23.3 Å². The summed E-state index contributed by atoms with van der Waals surface area (Å²) in [6.07, 6.45) is 1.81. The van der Waals surface area contributed by atoms with Crippen molar-refractivity contribution in [2.75, 3.05) is 14.2 Å². The van der Waals surface area contributed by atoms with Gasteiger partial charge >= 0.3 is 5.97 Å². The van der Waals surface area contributed by atoms with Gasteiger partial charge < -0.3 is 4.74 Å². The number of rotatable bonds is 3. The Morgan fingerprint density at radius 3 is 2.42 bits per heavy atom. The van der Waals surface area contributed by atoms with Crippen LogP contribution in [-0.4, -0.2) is 36.1 Å². The molecule has 2 aromatic carbocycles. The number of benzene rings is 2. The molecule has 0 radical (unpaired) electrons. The van der Waals surface area contributed by atoms with Crippen LogP contribution in [0.1, 0.15) is 15.9 Å². The molecule has 0 bridgehead atoms. The second-order valence-electron chi connectivity index (χ2n) is 5.46. The third kappa shape index (κ3) is 3.98. The highest BCUT2D eigenvalue weighted by atomic mass is 35.5. The van der Waals surface area contributed by atoms with E-state index in [1.165, 1.54) is 23.8 Å². The molecule has 1 heterocycles. The zero-order valence-electron chi connectivity index (χ0n) is 14.1. The molecule has 1 aliphatic heterocycles. The number of aliphatic imine (C=N–C) groups is 1. The maximum Gasteiger partial charge on any atom is 0.337 e. The smallest absolute Gasteiger partial charge is 0.337 e. The van der Waals surface area contributed by atoms with Crippen molar-refractivity contribution < 1.29 is 14.3 Å². The summed E-state index contributed by atoms with van der Waals surface area (Å²) in [5.41, 5.74) is 1.98. The summed E-state index contributed by atoms with van der Waals surface area (Å²) in [6, 6.07) is 13.9. The Morgan fingerprint density at radius 2 is 1.81 bits per heavy atom. The third-order valence-electron chi connectivity index (χ3n) is 3.68. The molecule has 1 amide bonds. The van der Waals surface area contributed by atoms with Crippen molar-refractivity contribution >= 4 is 52.2 Å². The Bertz CT molecular complexity index is 905. The zero-order chi connectivity index (χ0) is 18.7. The SMILES string of the molecule is COC(=O)c1ccc(N=C2SC(=Cc3ccc(Cl)cc3)C(=O)N2C)cc1.